The van der Waals surface area contributed by atoms with E-state index in [1.165, 1.54) is 53.7 Å². The first-order valence-electron chi connectivity index (χ1n) is 13.6. The normalized spacial score (nSPS) is 18.5. The summed E-state index contributed by atoms with van der Waals surface area (Å²) in [6.45, 7) is 1.55. The molecule has 43 heavy (non-hydrogen) atoms. The average Bonchev–Trinajstić information content (AvgIpc) is 3.57. The highest BCUT2D eigenvalue weighted by molar-refractivity contribution is 8.18. The maximum absolute atomic E-state index is 14.7. The number of hydrogen-bond donors (Lipinski definition) is 1. The molecular weight excluding hydrogens is 585 g/mol. The van der Waals surface area contributed by atoms with Crippen molar-refractivity contribution in [1.29, 1.82) is 0 Å². The molecule has 0 saturated carbocycles. The SMILES string of the molecule is O=C(CCCN1C(=O)SC(=Cc2ccc(F)cc2)C1=O)N1CCN(CC(O)(Cn2cncn2)c2ccc(F)cc2F)CC1. The fourth-order valence-corrected chi connectivity index (χ4v) is 6.01. The first kappa shape index (κ1) is 30.4. The minimum absolute atomic E-state index is 0.0159. The molecule has 3 heterocycles. The van der Waals surface area contributed by atoms with Gasteiger partial charge in [-0.25, -0.2) is 22.8 Å². The molecule has 1 aromatic heterocycles. The Kier molecular flexibility index (Phi) is 9.28. The number of halogens is 3. The van der Waals surface area contributed by atoms with Crippen LogP contribution in [0.3, 0.4) is 0 Å². The third-order valence-corrected chi connectivity index (χ3v) is 8.25. The summed E-state index contributed by atoms with van der Waals surface area (Å²) in [5.74, 6) is -2.60. The van der Waals surface area contributed by atoms with E-state index < -0.39 is 34.2 Å². The molecule has 0 spiro atoms. The second-order valence-corrected chi connectivity index (χ2v) is 11.4. The topological polar surface area (TPSA) is 112 Å². The second-order valence-electron chi connectivity index (χ2n) is 10.4. The second kappa shape index (κ2) is 13.1. The first-order valence-corrected chi connectivity index (χ1v) is 14.4. The molecular formula is C29H29F3N6O4S. The molecule has 2 fully saturated rings. The van der Waals surface area contributed by atoms with E-state index in [0.717, 1.165) is 28.8 Å². The van der Waals surface area contributed by atoms with Crippen molar-refractivity contribution in [2.75, 3.05) is 39.3 Å². The summed E-state index contributed by atoms with van der Waals surface area (Å²) < 4.78 is 42.8. The van der Waals surface area contributed by atoms with Crippen LogP contribution in [0.25, 0.3) is 6.08 Å². The van der Waals surface area contributed by atoms with Crippen molar-refractivity contribution >= 4 is 34.9 Å². The summed E-state index contributed by atoms with van der Waals surface area (Å²) in [6, 6.07) is 8.60. The van der Waals surface area contributed by atoms with Crippen LogP contribution in [0.1, 0.15) is 24.0 Å². The van der Waals surface area contributed by atoms with Crippen LogP contribution in [0, 0.1) is 17.5 Å². The molecule has 2 aliphatic heterocycles. The number of thioether (sulfide) groups is 1. The molecule has 2 aromatic carbocycles. The van der Waals surface area contributed by atoms with Gasteiger partial charge in [0.1, 0.15) is 35.7 Å². The number of benzene rings is 2. The molecule has 3 amide bonds. The van der Waals surface area contributed by atoms with Crippen LogP contribution >= 0.6 is 11.8 Å². The van der Waals surface area contributed by atoms with Gasteiger partial charge in [0.2, 0.25) is 5.91 Å². The molecule has 3 aromatic rings. The number of rotatable bonds is 10. The Bertz CT molecular complexity index is 1510. The number of carbonyl (C=O) groups excluding carboxylic acids is 3. The van der Waals surface area contributed by atoms with Gasteiger partial charge in [0.15, 0.2) is 0 Å². The molecule has 0 radical (unpaired) electrons. The largest absolute Gasteiger partial charge is 0.382 e. The van der Waals surface area contributed by atoms with Crippen molar-refractivity contribution in [2.45, 2.75) is 25.0 Å². The zero-order valence-electron chi connectivity index (χ0n) is 23.0. The zero-order valence-corrected chi connectivity index (χ0v) is 23.9. The van der Waals surface area contributed by atoms with Gasteiger partial charge in [0.25, 0.3) is 11.1 Å². The lowest BCUT2D eigenvalue weighted by molar-refractivity contribution is -0.134. The predicted octanol–water partition coefficient (Wildman–Crippen LogP) is 3.24. The van der Waals surface area contributed by atoms with E-state index in [1.807, 2.05) is 4.90 Å². The summed E-state index contributed by atoms with van der Waals surface area (Å²) in [5, 5.41) is 15.2. The third kappa shape index (κ3) is 7.32. The van der Waals surface area contributed by atoms with Crippen LogP contribution in [0.5, 0.6) is 0 Å². The van der Waals surface area contributed by atoms with Crippen LogP contribution in [0.4, 0.5) is 18.0 Å². The number of amides is 3. The van der Waals surface area contributed by atoms with Crippen molar-refractivity contribution in [3.8, 4) is 0 Å². The van der Waals surface area contributed by atoms with E-state index in [9.17, 15) is 32.7 Å². The maximum Gasteiger partial charge on any atom is 0.293 e. The van der Waals surface area contributed by atoms with Crippen molar-refractivity contribution in [1.82, 2.24) is 29.5 Å². The van der Waals surface area contributed by atoms with Crippen molar-refractivity contribution in [3.05, 3.63) is 88.6 Å². The van der Waals surface area contributed by atoms with Gasteiger partial charge in [0, 0.05) is 57.3 Å². The van der Waals surface area contributed by atoms with E-state index in [4.69, 9.17) is 0 Å². The lowest BCUT2D eigenvalue weighted by atomic mass is 9.92. The molecule has 0 bridgehead atoms. The smallest absolute Gasteiger partial charge is 0.293 e. The molecule has 226 valence electrons. The van der Waals surface area contributed by atoms with E-state index >= 15 is 0 Å². The Morgan fingerprint density at radius 3 is 2.40 bits per heavy atom. The number of β-amino-alcohol motifs (C(OH)–C–C–N with tert-alkyl or cyclic N) is 1. The standard InChI is InChI=1S/C29H29F3N6O4S/c30-21-5-3-20(4-6-21)14-25-27(40)38(28(41)43-25)9-1-2-26(39)36-12-10-35(11-13-36)16-29(42,17-37-19-33-18-34-37)23-8-7-22(31)15-24(23)32/h3-8,14-15,18-19,42H,1-2,9-13,16-17H2. The minimum Gasteiger partial charge on any atom is -0.382 e. The fraction of sp³-hybridized carbons (Fsp3) is 0.345. The van der Waals surface area contributed by atoms with Crippen molar-refractivity contribution in [3.63, 3.8) is 0 Å². The molecule has 14 heteroatoms. The van der Waals surface area contributed by atoms with Gasteiger partial charge >= 0.3 is 0 Å². The Balaban J connectivity index is 1.12. The van der Waals surface area contributed by atoms with Crippen LogP contribution in [-0.2, 0) is 21.7 Å². The quantitative estimate of drug-likeness (QED) is 0.347. The molecule has 1 unspecified atom stereocenters. The fourth-order valence-electron chi connectivity index (χ4n) is 5.14. The average molecular weight is 615 g/mol. The maximum atomic E-state index is 14.7. The third-order valence-electron chi connectivity index (χ3n) is 7.35. The van der Waals surface area contributed by atoms with Gasteiger partial charge in [-0.1, -0.05) is 18.2 Å². The van der Waals surface area contributed by atoms with Gasteiger partial charge in [-0.3, -0.25) is 24.2 Å². The van der Waals surface area contributed by atoms with Crippen LogP contribution < -0.4 is 0 Å². The zero-order chi connectivity index (χ0) is 30.6. The monoisotopic (exact) mass is 614 g/mol. The van der Waals surface area contributed by atoms with E-state index in [-0.39, 0.29) is 42.4 Å². The Hall–Kier alpha value is -4.01. The molecule has 2 saturated heterocycles. The minimum atomic E-state index is -1.74. The van der Waals surface area contributed by atoms with Gasteiger partial charge in [-0.05, 0) is 48.0 Å². The Morgan fingerprint density at radius 2 is 1.72 bits per heavy atom. The predicted molar refractivity (Wildman–Crippen MR) is 152 cm³/mol. The summed E-state index contributed by atoms with van der Waals surface area (Å²) in [6.07, 6.45) is 4.65. The van der Waals surface area contributed by atoms with Gasteiger partial charge < -0.3 is 10.0 Å². The number of hydrogen-bond acceptors (Lipinski definition) is 8. The molecule has 1 N–H and O–H groups in total. The highest BCUT2D eigenvalue weighted by Gasteiger charge is 2.37. The van der Waals surface area contributed by atoms with Crippen LogP contribution in [-0.4, -0.2) is 90.9 Å². The van der Waals surface area contributed by atoms with E-state index in [1.54, 1.807) is 4.90 Å². The molecule has 0 aliphatic carbocycles. The lowest BCUT2D eigenvalue weighted by Crippen LogP contribution is -2.53. The summed E-state index contributed by atoms with van der Waals surface area (Å²) >= 11 is 0.806. The van der Waals surface area contributed by atoms with Crippen molar-refractivity contribution < 1.29 is 32.7 Å². The Labute approximate surface area is 249 Å². The van der Waals surface area contributed by atoms with Gasteiger partial charge in [0.05, 0.1) is 11.4 Å². The van der Waals surface area contributed by atoms with Crippen LogP contribution in [0.2, 0.25) is 0 Å². The van der Waals surface area contributed by atoms with Gasteiger partial charge in [-0.15, -0.1) is 0 Å². The molecule has 2 aliphatic rings. The van der Waals surface area contributed by atoms with E-state index in [0.29, 0.717) is 38.2 Å². The highest BCUT2D eigenvalue weighted by Crippen LogP contribution is 2.32. The summed E-state index contributed by atoms with van der Waals surface area (Å²) in [5.41, 5.74) is -1.21. The number of carbonyl (C=O) groups is 3. The van der Waals surface area contributed by atoms with E-state index in [2.05, 4.69) is 10.1 Å². The van der Waals surface area contributed by atoms with Crippen LogP contribution in [0.15, 0.2) is 60.0 Å². The highest BCUT2D eigenvalue weighted by atomic mass is 32.2. The summed E-state index contributed by atoms with van der Waals surface area (Å²) in [7, 11) is 0. The molecule has 10 nitrogen and oxygen atoms in total. The Morgan fingerprint density at radius 1 is 1.00 bits per heavy atom. The summed E-state index contributed by atoms with van der Waals surface area (Å²) in [4.78, 5) is 46.8. The number of aliphatic hydroxyl groups is 1. The first-order chi connectivity index (χ1) is 20.6. The van der Waals surface area contributed by atoms with Crippen molar-refractivity contribution in [2.24, 2.45) is 0 Å². The number of nitrogens with zero attached hydrogens (tertiary/aromatic N) is 6. The molecule has 5 rings (SSSR count). The lowest BCUT2D eigenvalue weighted by Gasteiger charge is -2.39. The molecule has 1 atom stereocenters. The number of imide groups is 1. The number of aromatic nitrogens is 3. The number of piperazine rings is 1. The van der Waals surface area contributed by atoms with Gasteiger partial charge in [-0.2, -0.15) is 5.10 Å².